The van der Waals surface area contributed by atoms with Crippen molar-refractivity contribution in [1.29, 1.82) is 0 Å². The number of rotatable bonds is 4. The van der Waals surface area contributed by atoms with Gasteiger partial charge in [0, 0.05) is 24.2 Å². The summed E-state index contributed by atoms with van der Waals surface area (Å²) in [5, 5.41) is 0.729. The standard InChI is InChI=1S/C15H18ClNO2/c16-12-5-3-11(4-6-12)10-17(13-7-8-13)15(18)14-2-1-9-19-14/h3-6,13-14H,1-2,7-10H2. The van der Waals surface area contributed by atoms with Crippen molar-refractivity contribution < 1.29 is 9.53 Å². The number of halogens is 1. The number of amides is 1. The Bertz CT molecular complexity index is 450. The molecule has 0 N–H and O–H groups in total. The predicted octanol–water partition coefficient (Wildman–Crippen LogP) is 3.01. The van der Waals surface area contributed by atoms with E-state index in [1.807, 2.05) is 29.2 Å². The van der Waals surface area contributed by atoms with Crippen LogP contribution in [0.2, 0.25) is 5.02 Å². The monoisotopic (exact) mass is 279 g/mol. The minimum absolute atomic E-state index is 0.162. The molecule has 0 radical (unpaired) electrons. The first-order valence-electron chi connectivity index (χ1n) is 6.90. The Morgan fingerprint density at radius 2 is 2.00 bits per heavy atom. The van der Waals surface area contributed by atoms with Gasteiger partial charge in [0.05, 0.1) is 0 Å². The number of carbonyl (C=O) groups excluding carboxylic acids is 1. The molecule has 0 spiro atoms. The van der Waals surface area contributed by atoms with E-state index in [0.29, 0.717) is 12.6 Å². The molecule has 1 saturated heterocycles. The number of carbonyl (C=O) groups is 1. The van der Waals surface area contributed by atoms with Gasteiger partial charge in [0.1, 0.15) is 6.10 Å². The Hall–Kier alpha value is -1.06. The van der Waals surface area contributed by atoms with Gasteiger partial charge in [-0.05, 0) is 43.4 Å². The molecule has 1 saturated carbocycles. The molecule has 4 heteroatoms. The average Bonchev–Trinajstić information content (AvgIpc) is 3.11. The number of benzene rings is 1. The molecule has 1 aromatic carbocycles. The lowest BCUT2D eigenvalue weighted by atomic mass is 10.1. The zero-order valence-electron chi connectivity index (χ0n) is 10.8. The summed E-state index contributed by atoms with van der Waals surface area (Å²) in [4.78, 5) is 14.5. The van der Waals surface area contributed by atoms with Gasteiger partial charge in [-0.2, -0.15) is 0 Å². The molecule has 3 rings (SSSR count). The highest BCUT2D eigenvalue weighted by molar-refractivity contribution is 6.30. The van der Waals surface area contributed by atoms with Crippen LogP contribution in [0.4, 0.5) is 0 Å². The molecule has 1 amide bonds. The second kappa shape index (κ2) is 5.51. The van der Waals surface area contributed by atoms with Gasteiger partial charge in [-0.25, -0.2) is 0 Å². The van der Waals surface area contributed by atoms with Crippen LogP contribution in [-0.4, -0.2) is 29.6 Å². The van der Waals surface area contributed by atoms with Gasteiger partial charge >= 0.3 is 0 Å². The fourth-order valence-corrected chi connectivity index (χ4v) is 2.64. The minimum atomic E-state index is -0.215. The smallest absolute Gasteiger partial charge is 0.252 e. The van der Waals surface area contributed by atoms with Crippen LogP contribution < -0.4 is 0 Å². The van der Waals surface area contributed by atoms with E-state index in [9.17, 15) is 4.79 Å². The topological polar surface area (TPSA) is 29.5 Å². The van der Waals surface area contributed by atoms with E-state index in [1.165, 1.54) is 0 Å². The summed E-state index contributed by atoms with van der Waals surface area (Å²) in [6.45, 7) is 1.39. The molecule has 2 fully saturated rings. The van der Waals surface area contributed by atoms with Crippen molar-refractivity contribution in [2.75, 3.05) is 6.61 Å². The molecule has 3 nitrogen and oxygen atoms in total. The van der Waals surface area contributed by atoms with Crippen molar-refractivity contribution in [2.45, 2.75) is 44.4 Å². The van der Waals surface area contributed by atoms with Crippen LogP contribution in [0.3, 0.4) is 0 Å². The maximum Gasteiger partial charge on any atom is 0.252 e. The fourth-order valence-electron chi connectivity index (χ4n) is 2.52. The summed E-state index contributed by atoms with van der Waals surface area (Å²) >= 11 is 5.89. The van der Waals surface area contributed by atoms with E-state index >= 15 is 0 Å². The molecule has 1 unspecified atom stereocenters. The highest BCUT2D eigenvalue weighted by Crippen LogP contribution is 2.30. The van der Waals surface area contributed by atoms with Crippen molar-refractivity contribution >= 4 is 17.5 Å². The van der Waals surface area contributed by atoms with Crippen LogP contribution >= 0.6 is 11.6 Å². The van der Waals surface area contributed by atoms with E-state index in [4.69, 9.17) is 16.3 Å². The molecule has 1 aromatic rings. The molecule has 1 aliphatic carbocycles. The SMILES string of the molecule is O=C(C1CCCO1)N(Cc1ccc(Cl)cc1)C1CC1. The van der Waals surface area contributed by atoms with Gasteiger partial charge in [0.25, 0.3) is 5.91 Å². The van der Waals surface area contributed by atoms with Crippen molar-refractivity contribution in [3.63, 3.8) is 0 Å². The highest BCUT2D eigenvalue weighted by Gasteiger charge is 2.37. The summed E-state index contributed by atoms with van der Waals surface area (Å²) in [5.41, 5.74) is 1.13. The second-order valence-corrected chi connectivity index (χ2v) is 5.76. The minimum Gasteiger partial charge on any atom is -0.368 e. The quantitative estimate of drug-likeness (QED) is 0.848. The van der Waals surface area contributed by atoms with Crippen LogP contribution in [0, 0.1) is 0 Å². The van der Waals surface area contributed by atoms with Crippen molar-refractivity contribution in [3.8, 4) is 0 Å². The lowest BCUT2D eigenvalue weighted by Crippen LogP contribution is -2.39. The summed E-state index contributed by atoms with van der Waals surface area (Å²) in [5.74, 6) is 0.162. The largest absolute Gasteiger partial charge is 0.368 e. The summed E-state index contributed by atoms with van der Waals surface area (Å²) < 4.78 is 5.52. The molecular weight excluding hydrogens is 262 g/mol. The second-order valence-electron chi connectivity index (χ2n) is 5.33. The van der Waals surface area contributed by atoms with E-state index in [0.717, 1.165) is 42.9 Å². The number of ether oxygens (including phenoxy) is 1. The number of nitrogens with zero attached hydrogens (tertiary/aromatic N) is 1. The third-order valence-corrected chi connectivity index (χ3v) is 3.99. The van der Waals surface area contributed by atoms with Crippen LogP contribution in [0.25, 0.3) is 0 Å². The number of hydrogen-bond donors (Lipinski definition) is 0. The zero-order chi connectivity index (χ0) is 13.2. The predicted molar refractivity (Wildman–Crippen MR) is 74.0 cm³/mol. The molecule has 19 heavy (non-hydrogen) atoms. The van der Waals surface area contributed by atoms with E-state index < -0.39 is 0 Å². The summed E-state index contributed by atoms with van der Waals surface area (Å²) in [6, 6.07) is 8.13. The van der Waals surface area contributed by atoms with Crippen LogP contribution in [0.15, 0.2) is 24.3 Å². The van der Waals surface area contributed by atoms with Gasteiger partial charge in [0.15, 0.2) is 0 Å². The molecule has 102 valence electrons. The number of hydrogen-bond acceptors (Lipinski definition) is 2. The maximum absolute atomic E-state index is 12.5. The first-order chi connectivity index (χ1) is 9.24. The zero-order valence-corrected chi connectivity index (χ0v) is 11.6. The van der Waals surface area contributed by atoms with Crippen LogP contribution in [-0.2, 0) is 16.1 Å². The average molecular weight is 280 g/mol. The van der Waals surface area contributed by atoms with Crippen LogP contribution in [0.1, 0.15) is 31.2 Å². The molecule has 0 aromatic heterocycles. The third kappa shape index (κ3) is 3.10. The maximum atomic E-state index is 12.5. The normalized spacial score (nSPS) is 22.5. The van der Waals surface area contributed by atoms with Crippen molar-refractivity contribution in [3.05, 3.63) is 34.9 Å². The van der Waals surface area contributed by atoms with Crippen molar-refractivity contribution in [1.82, 2.24) is 4.90 Å². The summed E-state index contributed by atoms with van der Waals surface area (Å²) in [7, 11) is 0. The molecule has 0 bridgehead atoms. The Kier molecular flexibility index (Phi) is 3.76. The molecule has 1 atom stereocenters. The fraction of sp³-hybridized carbons (Fsp3) is 0.533. The first-order valence-corrected chi connectivity index (χ1v) is 7.28. The van der Waals surface area contributed by atoms with E-state index in [1.54, 1.807) is 0 Å². The lowest BCUT2D eigenvalue weighted by molar-refractivity contribution is -0.142. The lowest BCUT2D eigenvalue weighted by Gasteiger charge is -2.25. The Morgan fingerprint density at radius 1 is 1.26 bits per heavy atom. The van der Waals surface area contributed by atoms with E-state index in [2.05, 4.69) is 0 Å². The molecule has 2 aliphatic rings. The highest BCUT2D eigenvalue weighted by atomic mass is 35.5. The third-order valence-electron chi connectivity index (χ3n) is 3.74. The van der Waals surface area contributed by atoms with Gasteiger partial charge in [-0.3, -0.25) is 4.79 Å². The van der Waals surface area contributed by atoms with Gasteiger partial charge in [-0.1, -0.05) is 23.7 Å². The Morgan fingerprint density at radius 3 is 2.58 bits per heavy atom. The van der Waals surface area contributed by atoms with Gasteiger partial charge < -0.3 is 9.64 Å². The van der Waals surface area contributed by atoms with Gasteiger partial charge in [-0.15, -0.1) is 0 Å². The Balaban J connectivity index is 1.70. The molecular formula is C15H18ClNO2. The van der Waals surface area contributed by atoms with Crippen molar-refractivity contribution in [2.24, 2.45) is 0 Å². The molecule has 1 heterocycles. The molecule has 1 aliphatic heterocycles. The van der Waals surface area contributed by atoms with Crippen LogP contribution in [0.5, 0.6) is 0 Å². The summed E-state index contributed by atoms with van der Waals surface area (Å²) in [6.07, 6.45) is 3.88. The van der Waals surface area contributed by atoms with E-state index in [-0.39, 0.29) is 12.0 Å². The first kappa shape index (κ1) is 12.9. The van der Waals surface area contributed by atoms with Gasteiger partial charge in [0.2, 0.25) is 0 Å². The Labute approximate surface area is 118 Å².